The van der Waals surface area contributed by atoms with Crippen LogP contribution in [0, 0.1) is 11.8 Å². The fraction of sp³-hybridized carbons (Fsp3) is 0.933. The molecule has 0 aromatic rings. The summed E-state index contributed by atoms with van der Waals surface area (Å²) in [7, 11) is 0. The Kier molecular flexibility index (Phi) is 8.07. The first-order valence-electron chi connectivity index (χ1n) is 7.72. The van der Waals surface area contributed by atoms with E-state index in [-0.39, 0.29) is 12.0 Å². The molecule has 112 valence electrons. The first-order chi connectivity index (χ1) is 9.13. The van der Waals surface area contributed by atoms with Crippen molar-refractivity contribution in [3.05, 3.63) is 0 Å². The van der Waals surface area contributed by atoms with Crippen LogP contribution in [0.25, 0.3) is 0 Å². The van der Waals surface area contributed by atoms with Gasteiger partial charge in [0.05, 0.1) is 6.10 Å². The molecule has 1 amide bonds. The van der Waals surface area contributed by atoms with Gasteiger partial charge in [-0.15, -0.1) is 0 Å². The van der Waals surface area contributed by atoms with Gasteiger partial charge in [-0.1, -0.05) is 13.8 Å². The Morgan fingerprint density at radius 1 is 1.47 bits per heavy atom. The van der Waals surface area contributed by atoms with Crippen molar-refractivity contribution in [2.45, 2.75) is 52.6 Å². The minimum Gasteiger partial charge on any atom is -0.378 e. The van der Waals surface area contributed by atoms with Gasteiger partial charge in [0, 0.05) is 19.6 Å². The summed E-state index contributed by atoms with van der Waals surface area (Å²) in [4.78, 5) is 11.7. The van der Waals surface area contributed by atoms with Crippen LogP contribution in [0.3, 0.4) is 0 Å². The van der Waals surface area contributed by atoms with Crippen LogP contribution >= 0.6 is 0 Å². The van der Waals surface area contributed by atoms with Crippen LogP contribution in [0.1, 0.15) is 46.5 Å². The summed E-state index contributed by atoms with van der Waals surface area (Å²) in [6.45, 7) is 9.99. The van der Waals surface area contributed by atoms with E-state index in [0.717, 1.165) is 39.1 Å². The van der Waals surface area contributed by atoms with E-state index in [1.165, 1.54) is 6.42 Å². The van der Waals surface area contributed by atoms with Gasteiger partial charge < -0.3 is 15.4 Å². The van der Waals surface area contributed by atoms with Gasteiger partial charge in [-0.2, -0.15) is 0 Å². The van der Waals surface area contributed by atoms with Crippen molar-refractivity contribution in [2.75, 3.05) is 26.2 Å². The summed E-state index contributed by atoms with van der Waals surface area (Å²) in [6, 6.07) is 0. The molecular weight excluding hydrogens is 240 g/mol. The van der Waals surface area contributed by atoms with Crippen LogP contribution in [-0.2, 0) is 9.53 Å². The molecule has 1 aliphatic rings. The molecule has 4 nitrogen and oxygen atoms in total. The van der Waals surface area contributed by atoms with Gasteiger partial charge in [-0.05, 0) is 51.1 Å². The molecule has 1 aliphatic heterocycles. The molecule has 0 radical (unpaired) electrons. The molecule has 0 aliphatic carbocycles. The van der Waals surface area contributed by atoms with Crippen molar-refractivity contribution < 1.29 is 9.53 Å². The predicted octanol–water partition coefficient (Wildman–Crippen LogP) is 1.94. The third-order valence-corrected chi connectivity index (χ3v) is 3.82. The van der Waals surface area contributed by atoms with Gasteiger partial charge in [0.15, 0.2) is 0 Å². The second kappa shape index (κ2) is 9.32. The number of amides is 1. The Balaban J connectivity index is 2.08. The van der Waals surface area contributed by atoms with Crippen molar-refractivity contribution in [1.82, 2.24) is 10.6 Å². The standard InChI is InChI=1S/C15H30N2O2/c1-4-19-14(12(2)3)8-10-17-15(18)6-5-13-7-9-16-11-13/h12-14,16H,4-11H2,1-3H3,(H,17,18). The first kappa shape index (κ1) is 16.4. The average molecular weight is 270 g/mol. The molecule has 1 rings (SSSR count). The van der Waals surface area contributed by atoms with E-state index in [4.69, 9.17) is 4.74 Å². The lowest BCUT2D eigenvalue weighted by atomic mass is 10.0. The molecule has 0 spiro atoms. The van der Waals surface area contributed by atoms with Gasteiger partial charge >= 0.3 is 0 Å². The molecule has 1 heterocycles. The molecule has 1 fully saturated rings. The van der Waals surface area contributed by atoms with E-state index in [1.54, 1.807) is 0 Å². The molecule has 0 bridgehead atoms. The minimum atomic E-state index is 0.186. The lowest BCUT2D eigenvalue weighted by molar-refractivity contribution is -0.121. The summed E-state index contributed by atoms with van der Waals surface area (Å²) >= 11 is 0. The van der Waals surface area contributed by atoms with Crippen molar-refractivity contribution in [3.8, 4) is 0 Å². The van der Waals surface area contributed by atoms with Gasteiger partial charge in [0.1, 0.15) is 0 Å². The molecule has 2 atom stereocenters. The molecule has 19 heavy (non-hydrogen) atoms. The zero-order chi connectivity index (χ0) is 14.1. The predicted molar refractivity (Wildman–Crippen MR) is 78.1 cm³/mol. The number of carbonyl (C=O) groups is 1. The minimum absolute atomic E-state index is 0.186. The number of rotatable bonds is 9. The third-order valence-electron chi connectivity index (χ3n) is 3.82. The quantitative estimate of drug-likeness (QED) is 0.673. The van der Waals surface area contributed by atoms with E-state index < -0.39 is 0 Å². The van der Waals surface area contributed by atoms with Crippen molar-refractivity contribution >= 4 is 5.91 Å². The maximum absolute atomic E-state index is 11.7. The Hall–Kier alpha value is -0.610. The highest BCUT2D eigenvalue weighted by atomic mass is 16.5. The highest BCUT2D eigenvalue weighted by Crippen LogP contribution is 2.14. The SMILES string of the molecule is CCOC(CCNC(=O)CCC1CCNC1)C(C)C. The number of hydrogen-bond donors (Lipinski definition) is 2. The Labute approximate surface area is 117 Å². The van der Waals surface area contributed by atoms with Crippen LogP contribution < -0.4 is 10.6 Å². The number of nitrogens with one attached hydrogen (secondary N) is 2. The number of ether oxygens (including phenoxy) is 1. The number of carbonyl (C=O) groups excluding carboxylic acids is 1. The topological polar surface area (TPSA) is 50.4 Å². The third kappa shape index (κ3) is 6.92. The highest BCUT2D eigenvalue weighted by molar-refractivity contribution is 5.75. The largest absolute Gasteiger partial charge is 0.378 e. The summed E-state index contributed by atoms with van der Waals surface area (Å²) in [5.41, 5.74) is 0. The molecule has 0 aromatic heterocycles. The monoisotopic (exact) mass is 270 g/mol. The van der Waals surface area contributed by atoms with E-state index >= 15 is 0 Å². The fourth-order valence-electron chi connectivity index (χ4n) is 2.56. The van der Waals surface area contributed by atoms with Gasteiger partial charge in [0.2, 0.25) is 5.91 Å². The maximum Gasteiger partial charge on any atom is 0.220 e. The van der Waals surface area contributed by atoms with Crippen LogP contribution in [0.5, 0.6) is 0 Å². The molecular formula is C15H30N2O2. The Morgan fingerprint density at radius 3 is 2.84 bits per heavy atom. The van der Waals surface area contributed by atoms with E-state index in [2.05, 4.69) is 24.5 Å². The zero-order valence-corrected chi connectivity index (χ0v) is 12.7. The molecule has 0 saturated carbocycles. The van der Waals surface area contributed by atoms with Crippen molar-refractivity contribution in [3.63, 3.8) is 0 Å². The van der Waals surface area contributed by atoms with Crippen LogP contribution in [0.4, 0.5) is 0 Å². The zero-order valence-electron chi connectivity index (χ0n) is 12.7. The first-order valence-corrected chi connectivity index (χ1v) is 7.72. The molecule has 2 N–H and O–H groups in total. The fourth-order valence-corrected chi connectivity index (χ4v) is 2.56. The highest BCUT2D eigenvalue weighted by Gasteiger charge is 2.16. The smallest absolute Gasteiger partial charge is 0.220 e. The van der Waals surface area contributed by atoms with E-state index in [0.29, 0.717) is 18.3 Å². The van der Waals surface area contributed by atoms with Crippen molar-refractivity contribution in [1.29, 1.82) is 0 Å². The average Bonchev–Trinajstić information content (AvgIpc) is 2.88. The molecule has 2 unspecified atom stereocenters. The van der Waals surface area contributed by atoms with Gasteiger partial charge in [-0.3, -0.25) is 4.79 Å². The second-order valence-corrected chi connectivity index (χ2v) is 5.77. The van der Waals surface area contributed by atoms with Crippen LogP contribution in [-0.4, -0.2) is 38.3 Å². The van der Waals surface area contributed by atoms with Crippen LogP contribution in [0.2, 0.25) is 0 Å². The Morgan fingerprint density at radius 2 is 2.26 bits per heavy atom. The van der Waals surface area contributed by atoms with Gasteiger partial charge in [-0.25, -0.2) is 0 Å². The van der Waals surface area contributed by atoms with Crippen LogP contribution in [0.15, 0.2) is 0 Å². The summed E-state index contributed by atoms with van der Waals surface area (Å²) < 4.78 is 5.67. The maximum atomic E-state index is 11.7. The molecule has 1 saturated heterocycles. The van der Waals surface area contributed by atoms with Gasteiger partial charge in [0.25, 0.3) is 0 Å². The summed E-state index contributed by atoms with van der Waals surface area (Å²) in [6.07, 6.45) is 4.05. The van der Waals surface area contributed by atoms with E-state index in [9.17, 15) is 4.79 Å². The summed E-state index contributed by atoms with van der Waals surface area (Å²) in [5.74, 6) is 1.38. The summed E-state index contributed by atoms with van der Waals surface area (Å²) in [5, 5.41) is 6.34. The Bertz CT molecular complexity index is 251. The molecule has 0 aromatic carbocycles. The lowest BCUT2D eigenvalue weighted by Gasteiger charge is -2.20. The van der Waals surface area contributed by atoms with E-state index in [1.807, 2.05) is 6.92 Å². The molecule has 4 heteroatoms. The van der Waals surface area contributed by atoms with Crippen molar-refractivity contribution in [2.24, 2.45) is 11.8 Å². The number of hydrogen-bond acceptors (Lipinski definition) is 3. The normalized spacial score (nSPS) is 20.7. The lowest BCUT2D eigenvalue weighted by Crippen LogP contribution is -2.30. The second-order valence-electron chi connectivity index (χ2n) is 5.77.